The van der Waals surface area contributed by atoms with E-state index in [4.69, 9.17) is 10.5 Å². The quantitative estimate of drug-likeness (QED) is 0.655. The summed E-state index contributed by atoms with van der Waals surface area (Å²) in [5.41, 5.74) is 6.83. The maximum Gasteiger partial charge on any atom is 0.258 e. The standard InChI is InChI=1S/C22H27N3O3/c1-15(24-21(27)22(2,23)17-6-4-3-5-7-17)16-8-12-19(13-9-16)28-14-20(26)25-18-10-11-18/h3-9,12-13,15,18H,10-11,14,23H2,1-2H3,(H,24,27)(H,25,26). The molecule has 0 heterocycles. The summed E-state index contributed by atoms with van der Waals surface area (Å²) in [4.78, 5) is 24.4. The number of nitrogens with two attached hydrogens (primary N) is 1. The van der Waals surface area contributed by atoms with Crippen LogP contribution in [0.15, 0.2) is 54.6 Å². The lowest BCUT2D eigenvalue weighted by molar-refractivity contribution is -0.126. The molecule has 0 bridgehead atoms. The molecule has 148 valence electrons. The van der Waals surface area contributed by atoms with Crippen LogP contribution in [0.4, 0.5) is 0 Å². The van der Waals surface area contributed by atoms with Crippen molar-refractivity contribution in [3.8, 4) is 5.75 Å². The molecule has 1 fully saturated rings. The van der Waals surface area contributed by atoms with Crippen molar-refractivity contribution in [3.05, 3.63) is 65.7 Å². The summed E-state index contributed by atoms with van der Waals surface area (Å²) in [5, 5.41) is 5.84. The number of rotatable bonds is 8. The van der Waals surface area contributed by atoms with E-state index < -0.39 is 5.54 Å². The molecule has 3 rings (SSSR count). The van der Waals surface area contributed by atoms with Crippen LogP contribution in [0.5, 0.6) is 5.75 Å². The zero-order valence-electron chi connectivity index (χ0n) is 16.3. The van der Waals surface area contributed by atoms with Crippen LogP contribution in [0.3, 0.4) is 0 Å². The molecule has 28 heavy (non-hydrogen) atoms. The van der Waals surface area contributed by atoms with Gasteiger partial charge in [-0.15, -0.1) is 0 Å². The van der Waals surface area contributed by atoms with Gasteiger partial charge in [0.15, 0.2) is 6.61 Å². The second-order valence-corrected chi connectivity index (χ2v) is 7.46. The Kier molecular flexibility index (Phi) is 5.99. The first-order chi connectivity index (χ1) is 13.4. The van der Waals surface area contributed by atoms with E-state index in [1.807, 2.05) is 49.4 Å². The van der Waals surface area contributed by atoms with Gasteiger partial charge in [-0.05, 0) is 49.9 Å². The SMILES string of the molecule is CC(NC(=O)C(C)(N)c1ccccc1)c1ccc(OCC(=O)NC2CC2)cc1. The molecule has 1 aliphatic rings. The summed E-state index contributed by atoms with van der Waals surface area (Å²) in [6.45, 7) is 3.61. The summed E-state index contributed by atoms with van der Waals surface area (Å²) in [5.74, 6) is 0.264. The normalized spacial score (nSPS) is 16.5. The fourth-order valence-electron chi connectivity index (χ4n) is 2.84. The molecule has 1 aliphatic carbocycles. The Morgan fingerprint density at radius 1 is 1.14 bits per heavy atom. The molecule has 6 nitrogen and oxygen atoms in total. The molecule has 2 unspecified atom stereocenters. The Morgan fingerprint density at radius 3 is 2.39 bits per heavy atom. The monoisotopic (exact) mass is 381 g/mol. The van der Waals surface area contributed by atoms with Crippen molar-refractivity contribution >= 4 is 11.8 Å². The van der Waals surface area contributed by atoms with Crippen LogP contribution in [0.1, 0.15) is 43.9 Å². The van der Waals surface area contributed by atoms with E-state index in [0.717, 1.165) is 24.0 Å². The lowest BCUT2D eigenvalue weighted by Gasteiger charge is -2.26. The second kappa shape index (κ2) is 8.44. The van der Waals surface area contributed by atoms with Crippen molar-refractivity contribution in [2.24, 2.45) is 5.73 Å². The van der Waals surface area contributed by atoms with Gasteiger partial charge in [-0.3, -0.25) is 9.59 Å². The van der Waals surface area contributed by atoms with Crippen LogP contribution < -0.4 is 21.1 Å². The molecule has 2 aromatic carbocycles. The van der Waals surface area contributed by atoms with Gasteiger partial charge in [0.25, 0.3) is 5.91 Å². The summed E-state index contributed by atoms with van der Waals surface area (Å²) in [6.07, 6.45) is 2.10. The van der Waals surface area contributed by atoms with Gasteiger partial charge in [-0.2, -0.15) is 0 Å². The van der Waals surface area contributed by atoms with Gasteiger partial charge < -0.3 is 21.1 Å². The van der Waals surface area contributed by atoms with E-state index in [2.05, 4.69) is 10.6 Å². The molecule has 4 N–H and O–H groups in total. The van der Waals surface area contributed by atoms with E-state index in [1.54, 1.807) is 19.1 Å². The molecule has 0 saturated heterocycles. The number of hydrogen-bond acceptors (Lipinski definition) is 4. The van der Waals surface area contributed by atoms with Gasteiger partial charge in [-0.1, -0.05) is 42.5 Å². The summed E-state index contributed by atoms with van der Waals surface area (Å²) in [6, 6.07) is 16.7. The van der Waals surface area contributed by atoms with E-state index in [1.165, 1.54) is 0 Å². The highest BCUT2D eigenvalue weighted by Crippen LogP contribution is 2.22. The smallest absolute Gasteiger partial charge is 0.258 e. The zero-order chi connectivity index (χ0) is 20.1. The predicted molar refractivity (Wildman–Crippen MR) is 108 cm³/mol. The first-order valence-corrected chi connectivity index (χ1v) is 9.54. The summed E-state index contributed by atoms with van der Waals surface area (Å²) in [7, 11) is 0. The molecule has 6 heteroatoms. The van der Waals surface area contributed by atoms with Crippen LogP contribution in [0.25, 0.3) is 0 Å². The Labute approximate surface area is 165 Å². The van der Waals surface area contributed by atoms with Crippen LogP contribution in [0, 0.1) is 0 Å². The molecule has 2 atom stereocenters. The average molecular weight is 381 g/mol. The molecule has 0 radical (unpaired) electrons. The Bertz CT molecular complexity index is 815. The average Bonchev–Trinajstić information content (AvgIpc) is 3.51. The Morgan fingerprint density at radius 2 is 1.79 bits per heavy atom. The largest absolute Gasteiger partial charge is 0.484 e. The number of nitrogens with one attached hydrogen (secondary N) is 2. The maximum atomic E-state index is 12.7. The molecule has 1 saturated carbocycles. The summed E-state index contributed by atoms with van der Waals surface area (Å²) < 4.78 is 5.50. The van der Waals surface area contributed by atoms with Gasteiger partial charge in [-0.25, -0.2) is 0 Å². The van der Waals surface area contributed by atoms with Gasteiger partial charge in [0, 0.05) is 6.04 Å². The number of carbonyl (C=O) groups is 2. The van der Waals surface area contributed by atoms with Crippen molar-refractivity contribution in [3.63, 3.8) is 0 Å². The van der Waals surface area contributed by atoms with Crippen molar-refractivity contribution < 1.29 is 14.3 Å². The number of hydrogen-bond donors (Lipinski definition) is 3. The van der Waals surface area contributed by atoms with Gasteiger partial charge in [0.1, 0.15) is 11.3 Å². The third-order valence-corrected chi connectivity index (χ3v) is 4.89. The molecule has 0 aromatic heterocycles. The number of carbonyl (C=O) groups excluding carboxylic acids is 2. The number of benzene rings is 2. The number of ether oxygens (including phenoxy) is 1. The molecule has 2 aromatic rings. The lowest BCUT2D eigenvalue weighted by Crippen LogP contribution is -2.49. The van der Waals surface area contributed by atoms with Crippen molar-refractivity contribution in [2.75, 3.05) is 6.61 Å². The molecule has 2 amide bonds. The summed E-state index contributed by atoms with van der Waals surface area (Å²) >= 11 is 0. The molecule has 0 aliphatic heterocycles. The third kappa shape index (κ3) is 5.10. The van der Waals surface area contributed by atoms with E-state index in [-0.39, 0.29) is 24.5 Å². The highest BCUT2D eigenvalue weighted by atomic mass is 16.5. The second-order valence-electron chi connectivity index (χ2n) is 7.46. The Hall–Kier alpha value is -2.86. The highest BCUT2D eigenvalue weighted by Gasteiger charge is 2.31. The predicted octanol–water partition coefficient (Wildman–Crippen LogP) is 2.40. The van der Waals surface area contributed by atoms with E-state index in [0.29, 0.717) is 11.8 Å². The van der Waals surface area contributed by atoms with Crippen LogP contribution in [0.2, 0.25) is 0 Å². The van der Waals surface area contributed by atoms with Crippen molar-refractivity contribution in [2.45, 2.75) is 44.3 Å². The fraction of sp³-hybridized carbons (Fsp3) is 0.364. The van der Waals surface area contributed by atoms with E-state index in [9.17, 15) is 9.59 Å². The van der Waals surface area contributed by atoms with Gasteiger partial charge >= 0.3 is 0 Å². The lowest BCUT2D eigenvalue weighted by atomic mass is 9.91. The highest BCUT2D eigenvalue weighted by molar-refractivity contribution is 5.87. The van der Waals surface area contributed by atoms with Crippen LogP contribution in [-0.2, 0) is 15.1 Å². The minimum absolute atomic E-state index is 0.00470. The first kappa shape index (κ1) is 19.9. The van der Waals surface area contributed by atoms with Crippen molar-refractivity contribution in [1.29, 1.82) is 0 Å². The molecule has 0 spiro atoms. The minimum Gasteiger partial charge on any atom is -0.484 e. The molecular weight excluding hydrogens is 354 g/mol. The van der Waals surface area contributed by atoms with Crippen molar-refractivity contribution in [1.82, 2.24) is 10.6 Å². The topological polar surface area (TPSA) is 93.5 Å². The van der Waals surface area contributed by atoms with Crippen LogP contribution in [-0.4, -0.2) is 24.5 Å². The fourth-order valence-corrected chi connectivity index (χ4v) is 2.84. The van der Waals surface area contributed by atoms with E-state index >= 15 is 0 Å². The number of amides is 2. The maximum absolute atomic E-state index is 12.7. The Balaban J connectivity index is 1.54. The van der Waals surface area contributed by atoms with Gasteiger partial charge in [0.05, 0.1) is 6.04 Å². The minimum atomic E-state index is -1.12. The van der Waals surface area contributed by atoms with Crippen LogP contribution >= 0.6 is 0 Å². The third-order valence-electron chi connectivity index (χ3n) is 4.89. The van der Waals surface area contributed by atoms with Gasteiger partial charge in [0.2, 0.25) is 5.91 Å². The first-order valence-electron chi connectivity index (χ1n) is 9.54. The zero-order valence-corrected chi connectivity index (χ0v) is 16.3. The molecular formula is C22H27N3O3.